The lowest BCUT2D eigenvalue weighted by Crippen LogP contribution is -1.98. The maximum atomic E-state index is 11.8. The zero-order chi connectivity index (χ0) is 18.3. The van der Waals surface area contributed by atoms with Crippen molar-refractivity contribution in [2.24, 2.45) is 0 Å². The highest BCUT2D eigenvalue weighted by atomic mass is 16.4. The molecule has 0 amide bonds. The molecule has 0 saturated heterocycles. The average molecular weight is 346 g/mol. The zero-order valence-electron chi connectivity index (χ0n) is 13.5. The van der Waals surface area contributed by atoms with Crippen LogP contribution in [0.15, 0.2) is 75.9 Å². The van der Waals surface area contributed by atoms with Crippen LogP contribution >= 0.6 is 0 Å². The number of phenolic OH excluding ortho intramolecular Hbond substituents is 2. The standard InChI is InChI=1S/C21H14O5/c22-13-9-18(26-19(25)10-13)20-14-7-4-8-16(23)21(14)17(24)11-15(20)12-5-2-1-3-6-12/h1-11,22-24H. The monoisotopic (exact) mass is 346 g/mol. The SMILES string of the molecule is O=c1cc(O)cc(-c2c(-c3ccccc3)cc(O)c3c(O)cccc23)o1. The Balaban J connectivity index is 2.19. The summed E-state index contributed by atoms with van der Waals surface area (Å²) in [7, 11) is 0. The van der Waals surface area contributed by atoms with Gasteiger partial charge in [-0.1, -0.05) is 42.5 Å². The Morgan fingerprint density at radius 3 is 2.27 bits per heavy atom. The Kier molecular flexibility index (Phi) is 3.62. The predicted molar refractivity (Wildman–Crippen MR) is 98.4 cm³/mol. The fraction of sp³-hybridized carbons (Fsp3) is 0. The summed E-state index contributed by atoms with van der Waals surface area (Å²) in [5.74, 6) is -0.271. The van der Waals surface area contributed by atoms with E-state index in [1.165, 1.54) is 18.2 Å². The number of rotatable bonds is 2. The zero-order valence-corrected chi connectivity index (χ0v) is 13.5. The van der Waals surface area contributed by atoms with Gasteiger partial charge in [-0.3, -0.25) is 0 Å². The van der Waals surface area contributed by atoms with E-state index in [4.69, 9.17) is 4.42 Å². The van der Waals surface area contributed by atoms with Crippen molar-refractivity contribution in [2.45, 2.75) is 0 Å². The minimum absolute atomic E-state index is 0.0941. The van der Waals surface area contributed by atoms with Gasteiger partial charge < -0.3 is 19.7 Å². The number of hydrogen-bond donors (Lipinski definition) is 3. The largest absolute Gasteiger partial charge is 0.508 e. The molecule has 128 valence electrons. The van der Waals surface area contributed by atoms with Gasteiger partial charge in [-0.25, -0.2) is 4.79 Å². The predicted octanol–water partition coefficient (Wildman–Crippen LogP) is 4.24. The molecule has 5 nitrogen and oxygen atoms in total. The molecular weight excluding hydrogens is 332 g/mol. The average Bonchev–Trinajstić information content (AvgIpc) is 2.61. The van der Waals surface area contributed by atoms with E-state index >= 15 is 0 Å². The summed E-state index contributed by atoms with van der Waals surface area (Å²) in [4.78, 5) is 11.8. The Hall–Kier alpha value is -3.73. The fourth-order valence-electron chi connectivity index (χ4n) is 3.14. The molecule has 3 aromatic carbocycles. The first-order chi connectivity index (χ1) is 12.5. The van der Waals surface area contributed by atoms with Gasteiger partial charge in [0, 0.05) is 17.0 Å². The molecule has 0 aliphatic heterocycles. The van der Waals surface area contributed by atoms with Gasteiger partial charge in [0.1, 0.15) is 23.0 Å². The van der Waals surface area contributed by atoms with E-state index in [0.717, 1.165) is 11.6 Å². The molecule has 4 aromatic rings. The van der Waals surface area contributed by atoms with Gasteiger partial charge in [0.05, 0.1) is 11.5 Å². The van der Waals surface area contributed by atoms with Gasteiger partial charge in [-0.2, -0.15) is 0 Å². The lowest BCUT2D eigenvalue weighted by atomic mass is 9.91. The summed E-state index contributed by atoms with van der Waals surface area (Å²) in [6.07, 6.45) is 0. The van der Waals surface area contributed by atoms with Crippen LogP contribution in [0.3, 0.4) is 0 Å². The third kappa shape index (κ3) is 2.56. The molecule has 5 heteroatoms. The van der Waals surface area contributed by atoms with Crippen LogP contribution in [0.2, 0.25) is 0 Å². The number of fused-ring (bicyclic) bond motifs is 1. The molecule has 26 heavy (non-hydrogen) atoms. The summed E-state index contributed by atoms with van der Waals surface area (Å²) in [5.41, 5.74) is 1.19. The molecular formula is C21H14O5. The van der Waals surface area contributed by atoms with Crippen LogP contribution in [0.4, 0.5) is 0 Å². The maximum absolute atomic E-state index is 11.8. The maximum Gasteiger partial charge on any atom is 0.339 e. The Labute approximate surface area is 148 Å². The first kappa shape index (κ1) is 15.8. The van der Waals surface area contributed by atoms with Crippen LogP contribution in [0, 0.1) is 0 Å². The van der Waals surface area contributed by atoms with Crippen molar-refractivity contribution in [1.82, 2.24) is 0 Å². The highest BCUT2D eigenvalue weighted by Crippen LogP contribution is 2.45. The van der Waals surface area contributed by atoms with E-state index in [-0.39, 0.29) is 28.4 Å². The van der Waals surface area contributed by atoms with E-state index in [0.29, 0.717) is 16.5 Å². The summed E-state index contributed by atoms with van der Waals surface area (Å²) in [6.45, 7) is 0. The van der Waals surface area contributed by atoms with Gasteiger partial charge in [-0.05, 0) is 23.3 Å². The van der Waals surface area contributed by atoms with Crippen LogP contribution in [0.25, 0.3) is 33.2 Å². The molecule has 3 N–H and O–H groups in total. The summed E-state index contributed by atoms with van der Waals surface area (Å²) >= 11 is 0. The molecule has 0 fully saturated rings. The minimum Gasteiger partial charge on any atom is -0.508 e. The Bertz CT molecular complexity index is 1180. The molecule has 0 aliphatic carbocycles. The van der Waals surface area contributed by atoms with Crippen LogP contribution < -0.4 is 5.63 Å². The first-order valence-electron chi connectivity index (χ1n) is 7.92. The molecule has 0 spiro atoms. The Morgan fingerprint density at radius 2 is 1.54 bits per heavy atom. The third-order valence-corrected chi connectivity index (χ3v) is 4.20. The lowest BCUT2D eigenvalue weighted by molar-refractivity contribution is 0.453. The second-order valence-electron chi connectivity index (χ2n) is 5.88. The van der Waals surface area contributed by atoms with Gasteiger partial charge in [-0.15, -0.1) is 0 Å². The Morgan fingerprint density at radius 1 is 0.769 bits per heavy atom. The van der Waals surface area contributed by atoms with Gasteiger partial charge >= 0.3 is 5.63 Å². The van der Waals surface area contributed by atoms with Gasteiger partial charge in [0.25, 0.3) is 0 Å². The van der Waals surface area contributed by atoms with Crippen molar-refractivity contribution in [3.8, 4) is 39.7 Å². The fourth-order valence-corrected chi connectivity index (χ4v) is 3.14. The highest BCUT2D eigenvalue weighted by molar-refractivity contribution is 6.08. The van der Waals surface area contributed by atoms with E-state index < -0.39 is 5.63 Å². The van der Waals surface area contributed by atoms with Crippen molar-refractivity contribution in [3.05, 3.63) is 77.2 Å². The molecule has 1 aromatic heterocycles. The van der Waals surface area contributed by atoms with Crippen molar-refractivity contribution in [3.63, 3.8) is 0 Å². The van der Waals surface area contributed by atoms with Crippen molar-refractivity contribution >= 4 is 10.8 Å². The van der Waals surface area contributed by atoms with Gasteiger partial charge in [0.15, 0.2) is 0 Å². The van der Waals surface area contributed by atoms with Crippen molar-refractivity contribution in [1.29, 1.82) is 0 Å². The minimum atomic E-state index is -0.694. The molecule has 1 heterocycles. The molecule has 0 bridgehead atoms. The van der Waals surface area contributed by atoms with Gasteiger partial charge in [0.2, 0.25) is 0 Å². The van der Waals surface area contributed by atoms with Crippen molar-refractivity contribution < 1.29 is 19.7 Å². The first-order valence-corrected chi connectivity index (χ1v) is 7.92. The van der Waals surface area contributed by atoms with E-state index in [1.807, 2.05) is 30.3 Å². The topological polar surface area (TPSA) is 90.9 Å². The van der Waals surface area contributed by atoms with Crippen LogP contribution in [-0.4, -0.2) is 15.3 Å². The van der Waals surface area contributed by atoms with Crippen LogP contribution in [0.1, 0.15) is 0 Å². The molecule has 0 saturated carbocycles. The molecule has 0 radical (unpaired) electrons. The van der Waals surface area contributed by atoms with Crippen LogP contribution in [-0.2, 0) is 0 Å². The van der Waals surface area contributed by atoms with E-state index in [2.05, 4.69) is 0 Å². The quantitative estimate of drug-likeness (QED) is 0.505. The van der Waals surface area contributed by atoms with Crippen LogP contribution in [0.5, 0.6) is 17.2 Å². The third-order valence-electron chi connectivity index (χ3n) is 4.20. The highest BCUT2D eigenvalue weighted by Gasteiger charge is 2.19. The molecule has 0 unspecified atom stereocenters. The second-order valence-corrected chi connectivity index (χ2v) is 5.88. The van der Waals surface area contributed by atoms with E-state index in [9.17, 15) is 20.1 Å². The smallest absolute Gasteiger partial charge is 0.339 e. The second kappa shape index (κ2) is 5.97. The number of benzene rings is 3. The summed E-state index contributed by atoms with van der Waals surface area (Å²) in [6, 6.07) is 17.9. The molecule has 0 atom stereocenters. The molecule has 4 rings (SSSR count). The van der Waals surface area contributed by atoms with E-state index in [1.54, 1.807) is 12.1 Å². The number of hydrogen-bond acceptors (Lipinski definition) is 5. The number of aromatic hydroxyl groups is 3. The lowest BCUT2D eigenvalue weighted by Gasteiger charge is -2.15. The van der Waals surface area contributed by atoms with Crippen molar-refractivity contribution in [2.75, 3.05) is 0 Å². The normalized spacial score (nSPS) is 10.9. The summed E-state index contributed by atoms with van der Waals surface area (Å²) in [5, 5.41) is 31.2. The molecule has 0 aliphatic rings. The number of phenols is 2. The summed E-state index contributed by atoms with van der Waals surface area (Å²) < 4.78 is 5.32.